The van der Waals surface area contributed by atoms with E-state index in [0.717, 1.165) is 16.7 Å². The van der Waals surface area contributed by atoms with Crippen LogP contribution in [0, 0.1) is 0 Å². The molecule has 0 saturated heterocycles. The lowest BCUT2D eigenvalue weighted by atomic mass is 10.1. The average Bonchev–Trinajstić information content (AvgIpc) is 3.24. The summed E-state index contributed by atoms with van der Waals surface area (Å²) in [6, 6.07) is 19.7. The summed E-state index contributed by atoms with van der Waals surface area (Å²) < 4.78 is 2.88. The van der Waals surface area contributed by atoms with Crippen molar-refractivity contribution in [1.29, 1.82) is 0 Å². The highest BCUT2D eigenvalue weighted by atomic mass is 16.4. The van der Waals surface area contributed by atoms with Gasteiger partial charge in [-0.2, -0.15) is 5.10 Å². The third-order valence-corrected chi connectivity index (χ3v) is 5.40. The Morgan fingerprint density at radius 1 is 0.968 bits per heavy atom. The van der Waals surface area contributed by atoms with Crippen LogP contribution in [0.3, 0.4) is 0 Å². The zero-order valence-corrected chi connectivity index (χ0v) is 16.4. The lowest BCUT2D eigenvalue weighted by Gasteiger charge is -2.16. The van der Waals surface area contributed by atoms with Crippen molar-refractivity contribution in [2.24, 2.45) is 0 Å². The standard InChI is InChI=1S/C24H18N4O3/c29-23-19-14-25-22-18(17-9-5-2-6-10-17)15-26-28(22)20(19)11-12-27(23)21(24(30)31)13-16-7-3-1-4-8-16/h1-12,14-15,21H,13H2,(H,30,31)/t21-/m1/s1. The predicted molar refractivity (Wildman–Crippen MR) is 117 cm³/mol. The van der Waals surface area contributed by atoms with E-state index in [9.17, 15) is 14.7 Å². The van der Waals surface area contributed by atoms with E-state index in [1.807, 2.05) is 60.7 Å². The smallest absolute Gasteiger partial charge is 0.327 e. The summed E-state index contributed by atoms with van der Waals surface area (Å²) in [6.07, 6.45) is 4.95. The van der Waals surface area contributed by atoms with Crippen LogP contribution in [-0.2, 0) is 11.2 Å². The minimum absolute atomic E-state index is 0.206. The number of aromatic nitrogens is 4. The van der Waals surface area contributed by atoms with E-state index < -0.39 is 17.6 Å². The van der Waals surface area contributed by atoms with E-state index >= 15 is 0 Å². The molecule has 0 bridgehead atoms. The van der Waals surface area contributed by atoms with Gasteiger partial charge in [0.1, 0.15) is 6.04 Å². The molecule has 1 N–H and O–H groups in total. The van der Waals surface area contributed by atoms with Crippen LogP contribution >= 0.6 is 0 Å². The zero-order valence-electron chi connectivity index (χ0n) is 16.4. The number of benzene rings is 2. The second-order valence-corrected chi connectivity index (χ2v) is 7.29. The SMILES string of the molecule is O=C(O)[C@@H](Cc1ccccc1)n1ccc2c(cnc3c(-c4ccccc4)cnn32)c1=O. The van der Waals surface area contributed by atoms with E-state index in [1.165, 1.54) is 17.0 Å². The fraction of sp³-hybridized carbons (Fsp3) is 0.0833. The van der Waals surface area contributed by atoms with Crippen LogP contribution in [-0.4, -0.2) is 30.2 Å². The summed E-state index contributed by atoms with van der Waals surface area (Å²) in [5.74, 6) is -1.07. The van der Waals surface area contributed by atoms with Crippen molar-refractivity contribution in [1.82, 2.24) is 19.2 Å². The number of hydrogen-bond acceptors (Lipinski definition) is 4. The zero-order chi connectivity index (χ0) is 21.4. The second kappa shape index (κ2) is 7.53. The van der Waals surface area contributed by atoms with Crippen molar-refractivity contribution < 1.29 is 9.90 Å². The molecule has 0 radical (unpaired) electrons. The Labute approximate surface area is 176 Å². The number of fused-ring (bicyclic) bond motifs is 3. The van der Waals surface area contributed by atoms with Crippen LogP contribution in [0.4, 0.5) is 0 Å². The maximum Gasteiger partial charge on any atom is 0.327 e. The molecule has 0 aliphatic heterocycles. The molecule has 0 saturated carbocycles. The van der Waals surface area contributed by atoms with Crippen LogP contribution in [0.15, 0.2) is 90.1 Å². The summed E-state index contributed by atoms with van der Waals surface area (Å²) in [6.45, 7) is 0. The molecule has 152 valence electrons. The van der Waals surface area contributed by atoms with E-state index in [1.54, 1.807) is 16.8 Å². The van der Waals surface area contributed by atoms with Gasteiger partial charge in [0.05, 0.1) is 17.1 Å². The van der Waals surface area contributed by atoms with Crippen LogP contribution in [0.1, 0.15) is 11.6 Å². The van der Waals surface area contributed by atoms with Crippen molar-refractivity contribution >= 4 is 22.5 Å². The van der Waals surface area contributed by atoms with Gasteiger partial charge in [-0.05, 0) is 17.2 Å². The predicted octanol–water partition coefficient (Wildman–Crippen LogP) is 3.58. The summed E-state index contributed by atoms with van der Waals surface area (Å²) in [7, 11) is 0. The molecule has 0 fully saturated rings. The van der Waals surface area contributed by atoms with Gasteiger partial charge >= 0.3 is 5.97 Å². The minimum atomic E-state index is -1.07. The highest BCUT2D eigenvalue weighted by Crippen LogP contribution is 2.25. The molecule has 0 amide bonds. The number of rotatable bonds is 5. The topological polar surface area (TPSA) is 89.5 Å². The lowest BCUT2D eigenvalue weighted by Crippen LogP contribution is -2.31. The van der Waals surface area contributed by atoms with Crippen molar-refractivity contribution in [2.75, 3.05) is 0 Å². The van der Waals surface area contributed by atoms with Crippen molar-refractivity contribution in [3.05, 3.63) is 101 Å². The quantitative estimate of drug-likeness (QED) is 0.478. The molecule has 7 nitrogen and oxygen atoms in total. The molecule has 1 atom stereocenters. The third kappa shape index (κ3) is 3.26. The van der Waals surface area contributed by atoms with E-state index in [4.69, 9.17) is 0 Å². The van der Waals surface area contributed by atoms with Gasteiger partial charge < -0.3 is 9.67 Å². The summed E-state index contributed by atoms with van der Waals surface area (Å²) in [5, 5.41) is 14.5. The third-order valence-electron chi connectivity index (χ3n) is 5.40. The highest BCUT2D eigenvalue weighted by Gasteiger charge is 2.23. The summed E-state index contributed by atoms with van der Waals surface area (Å²) in [5.41, 5.74) is 3.49. The van der Waals surface area contributed by atoms with Crippen LogP contribution < -0.4 is 5.56 Å². The number of hydrogen-bond donors (Lipinski definition) is 1. The molecule has 3 heterocycles. The average molecular weight is 410 g/mol. The highest BCUT2D eigenvalue weighted by molar-refractivity contribution is 5.85. The monoisotopic (exact) mass is 410 g/mol. The Morgan fingerprint density at radius 3 is 2.39 bits per heavy atom. The first kappa shape index (κ1) is 18.7. The summed E-state index contributed by atoms with van der Waals surface area (Å²) in [4.78, 5) is 29.7. The van der Waals surface area contributed by atoms with E-state index in [2.05, 4.69) is 10.1 Å². The van der Waals surface area contributed by atoms with Gasteiger partial charge in [0, 0.05) is 24.4 Å². The molecule has 0 aliphatic rings. The molecule has 3 aromatic heterocycles. The first-order valence-electron chi connectivity index (χ1n) is 9.83. The first-order chi connectivity index (χ1) is 15.1. The van der Waals surface area contributed by atoms with E-state index in [-0.39, 0.29) is 6.42 Å². The molecule has 31 heavy (non-hydrogen) atoms. The number of nitrogens with zero attached hydrogens (tertiary/aromatic N) is 4. The number of carboxylic acids is 1. The number of carbonyl (C=O) groups is 1. The van der Waals surface area contributed by atoms with Crippen LogP contribution in [0.5, 0.6) is 0 Å². The second-order valence-electron chi connectivity index (χ2n) is 7.29. The molecule has 0 unspecified atom stereocenters. The fourth-order valence-corrected chi connectivity index (χ4v) is 3.84. The Morgan fingerprint density at radius 2 is 1.68 bits per heavy atom. The van der Waals surface area contributed by atoms with Gasteiger partial charge in [-0.25, -0.2) is 14.3 Å². The Bertz CT molecular complexity index is 1460. The molecule has 5 aromatic rings. The Kier molecular flexibility index (Phi) is 4.55. The van der Waals surface area contributed by atoms with Crippen molar-refractivity contribution in [3.8, 4) is 11.1 Å². The summed E-state index contributed by atoms with van der Waals surface area (Å²) >= 11 is 0. The van der Waals surface area contributed by atoms with Crippen molar-refractivity contribution in [3.63, 3.8) is 0 Å². The number of aliphatic carboxylic acids is 1. The van der Waals surface area contributed by atoms with Gasteiger partial charge in [-0.3, -0.25) is 4.79 Å². The van der Waals surface area contributed by atoms with Gasteiger partial charge in [0.25, 0.3) is 5.56 Å². The van der Waals surface area contributed by atoms with Crippen LogP contribution in [0.25, 0.3) is 27.7 Å². The Hall–Kier alpha value is -4.26. The van der Waals surface area contributed by atoms with Gasteiger partial charge in [0.15, 0.2) is 5.65 Å². The fourth-order valence-electron chi connectivity index (χ4n) is 3.84. The molecule has 7 heteroatoms. The first-order valence-corrected chi connectivity index (χ1v) is 9.83. The number of pyridine rings is 1. The number of carboxylic acid groups (broad SMARTS) is 1. The maximum absolute atomic E-state index is 13.2. The normalized spacial score (nSPS) is 12.3. The van der Waals surface area contributed by atoms with Crippen molar-refractivity contribution in [2.45, 2.75) is 12.5 Å². The van der Waals surface area contributed by atoms with Gasteiger partial charge in [0.2, 0.25) is 0 Å². The molecule has 2 aromatic carbocycles. The van der Waals surface area contributed by atoms with E-state index in [0.29, 0.717) is 16.6 Å². The van der Waals surface area contributed by atoms with Gasteiger partial charge in [-0.15, -0.1) is 0 Å². The van der Waals surface area contributed by atoms with Crippen LogP contribution in [0.2, 0.25) is 0 Å². The largest absolute Gasteiger partial charge is 0.480 e. The van der Waals surface area contributed by atoms with Gasteiger partial charge in [-0.1, -0.05) is 60.7 Å². The Balaban J connectivity index is 1.63. The minimum Gasteiger partial charge on any atom is -0.480 e. The maximum atomic E-state index is 13.2. The molecule has 0 spiro atoms. The molecule has 5 rings (SSSR count). The molecular weight excluding hydrogens is 392 g/mol. The lowest BCUT2D eigenvalue weighted by molar-refractivity contribution is -0.141. The molecular formula is C24H18N4O3. The molecule has 0 aliphatic carbocycles.